The minimum atomic E-state index is -0.182. The zero-order valence-corrected chi connectivity index (χ0v) is 18.3. The summed E-state index contributed by atoms with van der Waals surface area (Å²) in [7, 11) is 0. The Kier molecular flexibility index (Phi) is 7.38. The Labute approximate surface area is 179 Å². The number of morpholine rings is 1. The molecule has 0 aliphatic carbocycles. The lowest BCUT2D eigenvalue weighted by molar-refractivity contribution is 0.102. The number of anilines is 2. The van der Waals surface area contributed by atoms with Gasteiger partial charge in [0.05, 0.1) is 37.8 Å². The highest BCUT2D eigenvalue weighted by Crippen LogP contribution is 2.39. The molecule has 1 fully saturated rings. The van der Waals surface area contributed by atoms with Crippen LogP contribution in [0.3, 0.4) is 0 Å². The summed E-state index contributed by atoms with van der Waals surface area (Å²) in [5.41, 5.74) is 2.16. The molecule has 0 saturated carbocycles. The number of hydrogen-bond donors (Lipinski definition) is 1. The summed E-state index contributed by atoms with van der Waals surface area (Å²) in [5, 5.41) is 2.97. The minimum Gasteiger partial charge on any atom is -0.492 e. The van der Waals surface area contributed by atoms with Crippen LogP contribution in [0, 0.1) is 3.57 Å². The maximum absolute atomic E-state index is 12.7. The molecule has 0 spiro atoms. The second-order valence-electron chi connectivity index (χ2n) is 6.24. The van der Waals surface area contributed by atoms with Gasteiger partial charge in [0, 0.05) is 34.4 Å². The highest BCUT2D eigenvalue weighted by molar-refractivity contribution is 14.1. The first-order chi connectivity index (χ1) is 13.6. The number of carbonyl (C=O) groups excluding carboxylic acids is 1. The number of benzene rings is 2. The molecule has 1 aliphatic rings. The number of hydrogen-bond acceptors (Lipinski definition) is 5. The molecule has 1 aliphatic heterocycles. The molecule has 150 valence electrons. The topological polar surface area (TPSA) is 60.0 Å². The van der Waals surface area contributed by atoms with Crippen molar-refractivity contribution >= 4 is 39.9 Å². The van der Waals surface area contributed by atoms with E-state index in [0.717, 1.165) is 28.1 Å². The number of nitrogens with one attached hydrogen (secondary N) is 1. The third-order valence-corrected chi connectivity index (χ3v) is 5.09. The zero-order valence-electron chi connectivity index (χ0n) is 16.2. The summed E-state index contributed by atoms with van der Waals surface area (Å²) in [6, 6.07) is 11.2. The van der Waals surface area contributed by atoms with Crippen molar-refractivity contribution in [2.24, 2.45) is 0 Å². The number of ether oxygens (including phenoxy) is 3. The Morgan fingerprint density at radius 3 is 2.36 bits per heavy atom. The van der Waals surface area contributed by atoms with Gasteiger partial charge in [-0.1, -0.05) is 0 Å². The normalized spacial score (nSPS) is 13.9. The van der Waals surface area contributed by atoms with Gasteiger partial charge < -0.3 is 24.4 Å². The van der Waals surface area contributed by atoms with Gasteiger partial charge in [0.1, 0.15) is 11.5 Å². The van der Waals surface area contributed by atoms with E-state index in [0.29, 0.717) is 43.4 Å². The summed E-state index contributed by atoms with van der Waals surface area (Å²) >= 11 is 2.22. The Bertz CT molecular complexity index is 805. The van der Waals surface area contributed by atoms with E-state index in [1.165, 1.54) is 0 Å². The summed E-state index contributed by atoms with van der Waals surface area (Å²) in [6.07, 6.45) is 0. The lowest BCUT2D eigenvalue weighted by Gasteiger charge is -2.31. The van der Waals surface area contributed by atoms with E-state index in [2.05, 4.69) is 32.8 Å². The van der Waals surface area contributed by atoms with Crippen molar-refractivity contribution in [3.05, 3.63) is 45.5 Å². The largest absolute Gasteiger partial charge is 0.492 e. The molecule has 2 aromatic rings. The van der Waals surface area contributed by atoms with Crippen molar-refractivity contribution in [2.45, 2.75) is 13.8 Å². The highest BCUT2D eigenvalue weighted by atomic mass is 127. The fraction of sp³-hybridized carbons (Fsp3) is 0.381. The molecule has 0 unspecified atom stereocenters. The molecule has 2 aromatic carbocycles. The molecule has 1 amide bonds. The molecular formula is C21H25IN2O4. The van der Waals surface area contributed by atoms with Gasteiger partial charge in [-0.05, 0) is 60.7 Å². The second-order valence-corrected chi connectivity index (χ2v) is 7.49. The Balaban J connectivity index is 1.93. The molecular weight excluding hydrogens is 471 g/mol. The molecule has 0 atom stereocenters. The number of rotatable bonds is 7. The van der Waals surface area contributed by atoms with E-state index in [4.69, 9.17) is 14.2 Å². The molecule has 3 rings (SSSR count). The molecule has 1 saturated heterocycles. The average Bonchev–Trinajstić information content (AvgIpc) is 2.71. The first-order valence-electron chi connectivity index (χ1n) is 9.45. The smallest absolute Gasteiger partial charge is 0.255 e. The summed E-state index contributed by atoms with van der Waals surface area (Å²) in [5.74, 6) is 1.18. The molecule has 1 heterocycles. The van der Waals surface area contributed by atoms with Gasteiger partial charge in [-0.2, -0.15) is 0 Å². The molecule has 0 aromatic heterocycles. The fourth-order valence-corrected chi connectivity index (χ4v) is 3.40. The Morgan fingerprint density at radius 2 is 1.71 bits per heavy atom. The van der Waals surface area contributed by atoms with Crippen LogP contribution >= 0.6 is 22.6 Å². The Hall–Kier alpha value is -2.00. The van der Waals surface area contributed by atoms with Crippen molar-refractivity contribution in [3.8, 4) is 11.5 Å². The highest BCUT2D eigenvalue weighted by Gasteiger charge is 2.20. The maximum atomic E-state index is 12.7. The maximum Gasteiger partial charge on any atom is 0.255 e. The lowest BCUT2D eigenvalue weighted by atomic mass is 10.1. The number of carbonyl (C=O) groups is 1. The quantitative estimate of drug-likeness (QED) is 0.584. The third-order valence-electron chi connectivity index (χ3n) is 4.37. The molecule has 0 radical (unpaired) electrons. The fourth-order valence-electron chi connectivity index (χ4n) is 3.04. The van der Waals surface area contributed by atoms with Crippen LogP contribution < -0.4 is 19.7 Å². The standard InChI is InChI=1S/C21H25IN2O4/c1-3-27-19-14-18(24-9-11-26-12-10-24)20(28-4-2)13-17(19)23-21(25)15-5-7-16(22)8-6-15/h5-8,13-14H,3-4,9-12H2,1-2H3,(H,23,25). The van der Waals surface area contributed by atoms with Crippen molar-refractivity contribution in [1.29, 1.82) is 0 Å². The van der Waals surface area contributed by atoms with E-state index in [-0.39, 0.29) is 5.91 Å². The van der Waals surface area contributed by atoms with E-state index < -0.39 is 0 Å². The zero-order chi connectivity index (χ0) is 19.9. The van der Waals surface area contributed by atoms with Gasteiger partial charge in [0.2, 0.25) is 0 Å². The van der Waals surface area contributed by atoms with E-state index >= 15 is 0 Å². The first-order valence-corrected chi connectivity index (χ1v) is 10.5. The third kappa shape index (κ3) is 5.08. The minimum absolute atomic E-state index is 0.182. The summed E-state index contributed by atoms with van der Waals surface area (Å²) in [6.45, 7) is 7.86. The van der Waals surface area contributed by atoms with Gasteiger partial charge in [-0.15, -0.1) is 0 Å². The predicted octanol–water partition coefficient (Wildman–Crippen LogP) is 4.18. The summed E-state index contributed by atoms with van der Waals surface area (Å²) < 4.78 is 18.2. The van der Waals surface area contributed by atoms with E-state index in [1.54, 1.807) is 0 Å². The molecule has 6 nitrogen and oxygen atoms in total. The van der Waals surface area contributed by atoms with Crippen LogP contribution in [0.1, 0.15) is 24.2 Å². The van der Waals surface area contributed by atoms with Crippen LogP contribution in [0.5, 0.6) is 11.5 Å². The van der Waals surface area contributed by atoms with Gasteiger partial charge in [0.25, 0.3) is 5.91 Å². The van der Waals surface area contributed by atoms with E-state index in [1.807, 2.05) is 50.2 Å². The van der Waals surface area contributed by atoms with Crippen LogP contribution in [0.2, 0.25) is 0 Å². The van der Waals surface area contributed by atoms with Gasteiger partial charge in [0.15, 0.2) is 0 Å². The van der Waals surface area contributed by atoms with Crippen LogP contribution in [-0.2, 0) is 4.74 Å². The molecule has 28 heavy (non-hydrogen) atoms. The van der Waals surface area contributed by atoms with Crippen molar-refractivity contribution in [3.63, 3.8) is 0 Å². The average molecular weight is 496 g/mol. The van der Waals surface area contributed by atoms with Gasteiger partial charge in [-0.3, -0.25) is 4.79 Å². The first kappa shape index (κ1) is 20.7. The van der Waals surface area contributed by atoms with Crippen molar-refractivity contribution in [1.82, 2.24) is 0 Å². The number of nitrogens with zero attached hydrogens (tertiary/aromatic N) is 1. The van der Waals surface area contributed by atoms with Gasteiger partial charge >= 0.3 is 0 Å². The summed E-state index contributed by atoms with van der Waals surface area (Å²) in [4.78, 5) is 14.9. The predicted molar refractivity (Wildman–Crippen MR) is 119 cm³/mol. The van der Waals surface area contributed by atoms with Crippen LogP contribution in [0.25, 0.3) is 0 Å². The van der Waals surface area contributed by atoms with Crippen LogP contribution in [0.15, 0.2) is 36.4 Å². The lowest BCUT2D eigenvalue weighted by Crippen LogP contribution is -2.36. The Morgan fingerprint density at radius 1 is 1.07 bits per heavy atom. The van der Waals surface area contributed by atoms with Crippen LogP contribution in [0.4, 0.5) is 11.4 Å². The molecule has 1 N–H and O–H groups in total. The van der Waals surface area contributed by atoms with Crippen molar-refractivity contribution < 1.29 is 19.0 Å². The van der Waals surface area contributed by atoms with Crippen molar-refractivity contribution in [2.75, 3.05) is 49.7 Å². The SMILES string of the molecule is CCOc1cc(N2CCOCC2)c(OCC)cc1NC(=O)c1ccc(I)cc1. The second kappa shape index (κ2) is 9.97. The van der Waals surface area contributed by atoms with Gasteiger partial charge in [-0.25, -0.2) is 0 Å². The number of amides is 1. The molecule has 0 bridgehead atoms. The number of halogens is 1. The monoisotopic (exact) mass is 496 g/mol. The molecule has 7 heteroatoms. The van der Waals surface area contributed by atoms with Crippen LogP contribution in [-0.4, -0.2) is 45.4 Å². The van der Waals surface area contributed by atoms with E-state index in [9.17, 15) is 4.79 Å².